The molecule has 0 saturated carbocycles. The van der Waals surface area contributed by atoms with Crippen molar-refractivity contribution in [1.82, 2.24) is 20.2 Å². The first-order valence-corrected chi connectivity index (χ1v) is 12.6. The summed E-state index contributed by atoms with van der Waals surface area (Å²) in [5.74, 6) is -0.842. The third-order valence-corrected chi connectivity index (χ3v) is 6.46. The second-order valence-electron chi connectivity index (χ2n) is 6.58. The van der Waals surface area contributed by atoms with Crippen LogP contribution in [0, 0.1) is 0 Å². The first-order valence-electron chi connectivity index (χ1n) is 9.11. The summed E-state index contributed by atoms with van der Waals surface area (Å²) in [5.41, 5.74) is -0.0739. The van der Waals surface area contributed by atoms with Crippen LogP contribution in [0.2, 0.25) is 5.02 Å². The normalized spacial score (nSPS) is 14.3. The summed E-state index contributed by atoms with van der Waals surface area (Å²) < 4.78 is 36.8. The molecule has 0 fully saturated rings. The lowest BCUT2D eigenvalue weighted by Crippen LogP contribution is -2.15. The highest BCUT2D eigenvalue weighted by Gasteiger charge is 2.25. The number of allylic oxidation sites excluding steroid dienone is 2. The Labute approximate surface area is 187 Å². The van der Waals surface area contributed by atoms with E-state index in [4.69, 9.17) is 21.1 Å². The van der Waals surface area contributed by atoms with Crippen LogP contribution in [0.5, 0.6) is 5.75 Å². The number of esters is 1. The second-order valence-corrected chi connectivity index (χ2v) is 9.72. The summed E-state index contributed by atoms with van der Waals surface area (Å²) in [5, 5.41) is 11.6. The number of ketones is 1. The molecule has 13 heteroatoms. The standard InChI is InChI=1S/C18H19ClN4O6S2/c1-30-18-20-21-22-23(18)8-9-28-16-14(31(2,26)27)7-6-13(15(16)19)17(25)29-12-5-3-4-11(24)10-12/h6-7,10H,3-5,8-9H2,1-2H3. The molecule has 1 aromatic heterocycles. The summed E-state index contributed by atoms with van der Waals surface area (Å²) in [6, 6.07) is 2.49. The van der Waals surface area contributed by atoms with Gasteiger partial charge in [-0.25, -0.2) is 17.9 Å². The maximum absolute atomic E-state index is 12.6. The minimum Gasteiger partial charge on any atom is -0.489 e. The molecule has 0 atom stereocenters. The van der Waals surface area contributed by atoms with Gasteiger partial charge in [-0.2, -0.15) is 0 Å². The molecular formula is C18H19ClN4O6S2. The van der Waals surface area contributed by atoms with Crippen LogP contribution in [0.15, 0.2) is 34.0 Å². The van der Waals surface area contributed by atoms with Crippen molar-refractivity contribution >= 4 is 45.0 Å². The van der Waals surface area contributed by atoms with Gasteiger partial charge in [0.25, 0.3) is 0 Å². The van der Waals surface area contributed by atoms with Crippen molar-refractivity contribution in [3.63, 3.8) is 0 Å². The smallest absolute Gasteiger partial charge is 0.344 e. The number of benzene rings is 1. The molecule has 0 aliphatic heterocycles. The summed E-state index contributed by atoms with van der Waals surface area (Å²) in [7, 11) is -3.70. The maximum atomic E-state index is 12.6. The zero-order valence-corrected chi connectivity index (χ0v) is 19.1. The number of nitrogens with zero attached hydrogens (tertiary/aromatic N) is 4. The lowest BCUT2D eigenvalue weighted by molar-refractivity contribution is -0.115. The number of hydrogen-bond donors (Lipinski definition) is 0. The van der Waals surface area contributed by atoms with Crippen LogP contribution in [0.4, 0.5) is 0 Å². The highest BCUT2D eigenvalue weighted by atomic mass is 35.5. The lowest BCUT2D eigenvalue weighted by Gasteiger charge is -2.16. The van der Waals surface area contributed by atoms with Gasteiger partial charge in [-0.15, -0.1) is 5.10 Å². The Hall–Kier alpha value is -2.44. The molecule has 0 radical (unpaired) electrons. The predicted molar refractivity (Wildman–Crippen MR) is 112 cm³/mol. The van der Waals surface area contributed by atoms with Gasteiger partial charge in [0.05, 0.1) is 17.1 Å². The fourth-order valence-electron chi connectivity index (χ4n) is 2.85. The minimum absolute atomic E-state index is 0.000996. The van der Waals surface area contributed by atoms with Crippen molar-refractivity contribution in [3.05, 3.63) is 34.6 Å². The SMILES string of the molecule is CSc1nnnn1CCOc1c(S(C)(=O)=O)ccc(C(=O)OC2=CC(=O)CCC2)c1Cl. The van der Waals surface area contributed by atoms with Crippen molar-refractivity contribution in [1.29, 1.82) is 0 Å². The van der Waals surface area contributed by atoms with Gasteiger partial charge >= 0.3 is 5.97 Å². The number of tetrazole rings is 1. The molecule has 0 N–H and O–H groups in total. The van der Waals surface area contributed by atoms with Gasteiger partial charge in [-0.05, 0) is 35.2 Å². The number of carbonyl (C=O) groups excluding carboxylic acids is 2. The molecule has 0 saturated heterocycles. The highest BCUT2D eigenvalue weighted by Crippen LogP contribution is 2.36. The number of carbonyl (C=O) groups is 2. The molecule has 3 rings (SSSR count). The molecule has 1 aliphatic rings. The Morgan fingerprint density at radius 2 is 2.10 bits per heavy atom. The van der Waals surface area contributed by atoms with Crippen LogP contribution in [-0.2, 0) is 25.9 Å². The molecule has 1 aliphatic carbocycles. The van der Waals surface area contributed by atoms with E-state index in [0.29, 0.717) is 24.4 Å². The van der Waals surface area contributed by atoms with Gasteiger partial charge in [-0.1, -0.05) is 23.4 Å². The summed E-state index contributed by atoms with van der Waals surface area (Å²) >= 11 is 7.69. The van der Waals surface area contributed by atoms with E-state index in [-0.39, 0.29) is 45.9 Å². The summed E-state index contributed by atoms with van der Waals surface area (Å²) in [6.45, 7) is 0.228. The first kappa shape index (κ1) is 23.2. The number of thioether (sulfide) groups is 1. The van der Waals surface area contributed by atoms with Crippen molar-refractivity contribution in [3.8, 4) is 5.75 Å². The van der Waals surface area contributed by atoms with Crippen LogP contribution in [0.25, 0.3) is 0 Å². The molecule has 10 nitrogen and oxygen atoms in total. The molecule has 31 heavy (non-hydrogen) atoms. The molecule has 1 aromatic carbocycles. The minimum atomic E-state index is -3.70. The highest BCUT2D eigenvalue weighted by molar-refractivity contribution is 7.98. The zero-order valence-electron chi connectivity index (χ0n) is 16.7. The van der Waals surface area contributed by atoms with E-state index in [1.54, 1.807) is 0 Å². The van der Waals surface area contributed by atoms with E-state index in [1.165, 1.54) is 34.7 Å². The van der Waals surface area contributed by atoms with E-state index >= 15 is 0 Å². The topological polar surface area (TPSA) is 130 Å². The van der Waals surface area contributed by atoms with Crippen molar-refractivity contribution in [2.75, 3.05) is 19.1 Å². The Morgan fingerprint density at radius 3 is 2.77 bits per heavy atom. The van der Waals surface area contributed by atoms with Crippen LogP contribution in [0.1, 0.15) is 29.6 Å². The number of ether oxygens (including phenoxy) is 2. The maximum Gasteiger partial charge on any atom is 0.344 e. The van der Waals surface area contributed by atoms with Crippen LogP contribution in [-0.4, -0.2) is 59.5 Å². The van der Waals surface area contributed by atoms with Crippen LogP contribution < -0.4 is 4.74 Å². The van der Waals surface area contributed by atoms with E-state index in [1.807, 2.05) is 6.26 Å². The number of sulfone groups is 1. The lowest BCUT2D eigenvalue weighted by atomic mass is 10.1. The number of rotatable bonds is 8. The first-order chi connectivity index (χ1) is 14.7. The Kier molecular flexibility index (Phi) is 7.34. The predicted octanol–water partition coefficient (Wildman–Crippen LogP) is 2.32. The van der Waals surface area contributed by atoms with Gasteiger partial charge < -0.3 is 9.47 Å². The van der Waals surface area contributed by atoms with E-state index in [9.17, 15) is 18.0 Å². The third-order valence-electron chi connectivity index (χ3n) is 4.30. The third kappa shape index (κ3) is 5.63. The van der Waals surface area contributed by atoms with E-state index in [0.717, 1.165) is 6.26 Å². The number of hydrogen-bond acceptors (Lipinski definition) is 10. The zero-order chi connectivity index (χ0) is 22.6. The van der Waals surface area contributed by atoms with E-state index < -0.39 is 15.8 Å². The average Bonchev–Trinajstić information content (AvgIpc) is 3.15. The second kappa shape index (κ2) is 9.79. The molecular weight excluding hydrogens is 468 g/mol. The van der Waals surface area contributed by atoms with Gasteiger partial charge in [-0.3, -0.25) is 4.79 Å². The molecule has 0 unspecified atom stereocenters. The fraction of sp³-hybridized carbons (Fsp3) is 0.389. The van der Waals surface area contributed by atoms with Gasteiger partial charge in [0.15, 0.2) is 21.4 Å². The quantitative estimate of drug-likeness (QED) is 0.404. The van der Waals surface area contributed by atoms with Crippen molar-refractivity contribution < 1.29 is 27.5 Å². The summed E-state index contributed by atoms with van der Waals surface area (Å²) in [4.78, 5) is 24.0. The molecule has 0 bridgehead atoms. The Balaban J connectivity index is 1.85. The van der Waals surface area contributed by atoms with Crippen LogP contribution in [0.3, 0.4) is 0 Å². The molecule has 166 valence electrons. The van der Waals surface area contributed by atoms with Crippen molar-refractivity contribution in [2.24, 2.45) is 0 Å². The summed E-state index contributed by atoms with van der Waals surface area (Å²) in [6.07, 6.45) is 5.54. The Morgan fingerprint density at radius 1 is 1.32 bits per heavy atom. The van der Waals surface area contributed by atoms with Gasteiger partial charge in [0.2, 0.25) is 5.16 Å². The molecule has 0 amide bonds. The number of aromatic nitrogens is 4. The Bertz CT molecular complexity index is 1150. The largest absolute Gasteiger partial charge is 0.489 e. The molecule has 0 spiro atoms. The van der Waals surface area contributed by atoms with Gasteiger partial charge in [0.1, 0.15) is 17.3 Å². The number of halogens is 1. The fourth-order valence-corrected chi connectivity index (χ4v) is 4.48. The van der Waals surface area contributed by atoms with Crippen LogP contribution >= 0.6 is 23.4 Å². The monoisotopic (exact) mass is 486 g/mol. The molecule has 2 aromatic rings. The van der Waals surface area contributed by atoms with E-state index in [2.05, 4.69) is 15.5 Å². The average molecular weight is 487 g/mol. The van der Waals surface area contributed by atoms with Gasteiger partial charge in [0, 0.05) is 25.2 Å². The van der Waals surface area contributed by atoms with Crippen molar-refractivity contribution in [2.45, 2.75) is 35.9 Å². The molecule has 1 heterocycles.